The van der Waals surface area contributed by atoms with Gasteiger partial charge in [0.05, 0.1) is 0 Å². The zero-order valence-corrected chi connectivity index (χ0v) is 32.8. The molecule has 11 rings (SSSR count). The van der Waals surface area contributed by atoms with Crippen LogP contribution >= 0.6 is 22.7 Å². The molecule has 4 heterocycles. The van der Waals surface area contributed by atoms with Crippen LogP contribution in [-0.4, -0.2) is 15.0 Å². The zero-order chi connectivity index (χ0) is 38.0. The highest BCUT2D eigenvalue weighted by molar-refractivity contribution is 7.25. The minimum absolute atomic E-state index is 0.623. The van der Waals surface area contributed by atoms with E-state index in [-0.39, 0.29) is 0 Å². The first-order valence-corrected chi connectivity index (χ1v) is 20.6. The van der Waals surface area contributed by atoms with Crippen LogP contribution in [0.4, 0.5) is 0 Å². The molecule has 0 bridgehead atoms. The Morgan fingerprint density at radius 1 is 0.509 bits per heavy atom. The van der Waals surface area contributed by atoms with Crippen LogP contribution in [0.5, 0.6) is 0 Å². The number of nitrogens with zero attached hydrogens (tertiary/aromatic N) is 3. The Morgan fingerprint density at radius 3 is 1.93 bits per heavy atom. The summed E-state index contributed by atoms with van der Waals surface area (Å²) >= 11 is 3.65. The van der Waals surface area contributed by atoms with Crippen molar-refractivity contribution < 1.29 is 4.42 Å². The fourth-order valence-electron chi connectivity index (χ4n) is 8.08. The SMILES string of the molecule is C/C(=C\c1c(C)sc2ccccc12)c1ccc(-c2cccc(-c3nc(-c4ccccc4)nc(-c4ccc5sc6ccccc6c5c4)n3)c2)c2c1oc1ccccc12. The highest BCUT2D eigenvalue weighted by Crippen LogP contribution is 2.43. The van der Waals surface area contributed by atoms with Crippen molar-refractivity contribution in [2.24, 2.45) is 0 Å². The van der Waals surface area contributed by atoms with Gasteiger partial charge in [0.2, 0.25) is 0 Å². The molecule has 0 radical (unpaired) electrons. The molecule has 4 nitrogen and oxygen atoms in total. The summed E-state index contributed by atoms with van der Waals surface area (Å²) in [5.41, 5.74) is 10.2. The van der Waals surface area contributed by atoms with Gasteiger partial charge in [0, 0.05) is 62.8 Å². The lowest BCUT2D eigenvalue weighted by molar-refractivity contribution is 0.668. The number of fused-ring (bicyclic) bond motifs is 7. The Hall–Kier alpha value is -6.73. The van der Waals surface area contributed by atoms with Gasteiger partial charge >= 0.3 is 0 Å². The minimum Gasteiger partial charge on any atom is -0.455 e. The summed E-state index contributed by atoms with van der Waals surface area (Å²) in [6.45, 7) is 4.40. The van der Waals surface area contributed by atoms with Crippen LogP contribution in [0.3, 0.4) is 0 Å². The smallest absolute Gasteiger partial charge is 0.164 e. The molecule has 0 aliphatic heterocycles. The van der Waals surface area contributed by atoms with Gasteiger partial charge in [-0.3, -0.25) is 0 Å². The lowest BCUT2D eigenvalue weighted by Gasteiger charge is -2.11. The number of benzene rings is 7. The van der Waals surface area contributed by atoms with Gasteiger partial charge in [0.25, 0.3) is 0 Å². The van der Waals surface area contributed by atoms with Gasteiger partial charge in [-0.1, -0.05) is 115 Å². The lowest BCUT2D eigenvalue weighted by atomic mass is 9.93. The Kier molecular flexibility index (Phi) is 7.95. The number of thiophene rings is 2. The van der Waals surface area contributed by atoms with E-state index in [2.05, 4.69) is 153 Å². The minimum atomic E-state index is 0.623. The molecule has 0 N–H and O–H groups in total. The van der Waals surface area contributed by atoms with Gasteiger partial charge in [0.1, 0.15) is 11.2 Å². The molecule has 0 amide bonds. The highest BCUT2D eigenvalue weighted by Gasteiger charge is 2.20. The second kappa shape index (κ2) is 13.5. The Morgan fingerprint density at radius 2 is 1.12 bits per heavy atom. The van der Waals surface area contributed by atoms with E-state index in [0.717, 1.165) is 60.9 Å². The normalized spacial score (nSPS) is 12.1. The number of rotatable bonds is 6. The van der Waals surface area contributed by atoms with Crippen LogP contribution in [0.25, 0.3) is 109 Å². The maximum Gasteiger partial charge on any atom is 0.164 e. The van der Waals surface area contributed by atoms with Crippen LogP contribution < -0.4 is 0 Å². The van der Waals surface area contributed by atoms with Crippen molar-refractivity contribution in [2.45, 2.75) is 13.8 Å². The van der Waals surface area contributed by atoms with Crippen molar-refractivity contribution in [2.75, 3.05) is 0 Å². The molecule has 0 fully saturated rings. The second-order valence-electron chi connectivity index (χ2n) is 14.4. The monoisotopic (exact) mass is 767 g/mol. The highest BCUT2D eigenvalue weighted by atomic mass is 32.1. The third-order valence-electron chi connectivity index (χ3n) is 10.9. The molecule has 6 heteroatoms. The standard InChI is InChI=1S/C51H33N3OS2/c1-30(27-41-31(2)56-44-21-10-7-17-38(41)44)36-24-25-37(47-40-19-6-9-20-43(40)55-48(36)47)33-15-12-16-34(28-33)50-52-49(32-13-4-3-5-14-32)53-51(54-50)35-23-26-46-42(29-35)39-18-8-11-22-45(39)57-46/h3-29H,1-2H3/b30-27+. The third kappa shape index (κ3) is 5.76. The van der Waals surface area contributed by atoms with E-state index in [9.17, 15) is 0 Å². The number of aryl methyl sites for hydroxylation is 1. The van der Waals surface area contributed by atoms with E-state index < -0.39 is 0 Å². The third-order valence-corrected chi connectivity index (χ3v) is 13.1. The van der Waals surface area contributed by atoms with Gasteiger partial charge in [-0.2, -0.15) is 0 Å². The molecule has 7 aromatic carbocycles. The number of allylic oxidation sites excluding steroid dienone is 1. The van der Waals surface area contributed by atoms with Gasteiger partial charge in [0.15, 0.2) is 17.5 Å². The van der Waals surface area contributed by atoms with Crippen molar-refractivity contribution in [3.63, 3.8) is 0 Å². The van der Waals surface area contributed by atoms with Crippen LogP contribution in [0.2, 0.25) is 0 Å². The predicted octanol–water partition coefficient (Wildman–Crippen LogP) is 14.9. The molecule has 0 saturated carbocycles. The molecule has 57 heavy (non-hydrogen) atoms. The molecule has 4 aromatic heterocycles. The first kappa shape index (κ1) is 33.6. The van der Waals surface area contributed by atoms with Gasteiger partial charge in [-0.25, -0.2) is 15.0 Å². The van der Waals surface area contributed by atoms with Crippen molar-refractivity contribution in [3.05, 3.63) is 174 Å². The average molecular weight is 768 g/mol. The zero-order valence-electron chi connectivity index (χ0n) is 31.2. The first-order chi connectivity index (χ1) is 28.1. The number of hydrogen-bond acceptors (Lipinski definition) is 6. The quantitative estimate of drug-likeness (QED) is 0.169. The largest absolute Gasteiger partial charge is 0.455 e. The van der Waals surface area contributed by atoms with Gasteiger partial charge in [-0.15, -0.1) is 22.7 Å². The Labute approximate surface area is 337 Å². The summed E-state index contributed by atoms with van der Waals surface area (Å²) < 4.78 is 10.5. The molecular weight excluding hydrogens is 735 g/mol. The van der Waals surface area contributed by atoms with Crippen LogP contribution in [0.1, 0.15) is 22.9 Å². The summed E-state index contributed by atoms with van der Waals surface area (Å²) in [4.78, 5) is 16.6. The van der Waals surface area contributed by atoms with Crippen LogP contribution in [-0.2, 0) is 0 Å². The molecular formula is C51H33N3OS2. The summed E-state index contributed by atoms with van der Waals surface area (Å²) in [5, 5.41) is 5.92. The second-order valence-corrected chi connectivity index (χ2v) is 16.8. The number of aromatic nitrogens is 3. The van der Waals surface area contributed by atoms with Crippen molar-refractivity contribution in [1.82, 2.24) is 15.0 Å². The van der Waals surface area contributed by atoms with E-state index in [0.29, 0.717) is 17.5 Å². The fourth-order valence-corrected chi connectivity index (χ4v) is 10.2. The lowest BCUT2D eigenvalue weighted by Crippen LogP contribution is -2.00. The topological polar surface area (TPSA) is 51.8 Å². The Bertz CT molecular complexity index is 3390. The van der Waals surface area contributed by atoms with Crippen molar-refractivity contribution >= 4 is 86.5 Å². The number of furan rings is 1. The van der Waals surface area contributed by atoms with Gasteiger partial charge < -0.3 is 4.42 Å². The van der Waals surface area contributed by atoms with Crippen molar-refractivity contribution in [1.29, 1.82) is 0 Å². The molecule has 0 aliphatic rings. The average Bonchev–Trinajstić information content (AvgIpc) is 3.94. The maximum absolute atomic E-state index is 6.73. The van der Waals surface area contributed by atoms with Gasteiger partial charge in [-0.05, 0) is 90.0 Å². The fraction of sp³-hybridized carbons (Fsp3) is 0.0392. The van der Waals surface area contributed by atoms with E-state index >= 15 is 0 Å². The summed E-state index contributed by atoms with van der Waals surface area (Å²) in [5.74, 6) is 1.91. The number of hydrogen-bond donors (Lipinski definition) is 0. The van der Waals surface area contributed by atoms with Crippen molar-refractivity contribution in [3.8, 4) is 45.3 Å². The van der Waals surface area contributed by atoms with Crippen LogP contribution in [0, 0.1) is 6.92 Å². The molecule has 0 aliphatic carbocycles. The molecule has 0 saturated heterocycles. The van der Waals surface area contributed by atoms with E-state index in [1.807, 2.05) is 46.9 Å². The summed E-state index contributed by atoms with van der Waals surface area (Å²) in [7, 11) is 0. The summed E-state index contributed by atoms with van der Waals surface area (Å²) in [6, 6.07) is 55.2. The molecule has 270 valence electrons. The predicted molar refractivity (Wildman–Crippen MR) is 242 cm³/mol. The van der Waals surface area contributed by atoms with E-state index in [1.54, 1.807) is 0 Å². The van der Waals surface area contributed by atoms with Crippen LogP contribution in [0.15, 0.2) is 162 Å². The van der Waals surface area contributed by atoms with E-state index in [1.165, 1.54) is 40.7 Å². The first-order valence-electron chi connectivity index (χ1n) is 19.0. The Balaban J connectivity index is 1.06. The molecule has 0 unspecified atom stereocenters. The number of para-hydroxylation sites is 1. The molecule has 0 spiro atoms. The molecule has 0 atom stereocenters. The summed E-state index contributed by atoms with van der Waals surface area (Å²) in [6.07, 6.45) is 2.32. The molecule has 11 aromatic rings. The maximum atomic E-state index is 6.73. The van der Waals surface area contributed by atoms with E-state index in [4.69, 9.17) is 19.4 Å².